The molecule has 2 aromatic carbocycles. The van der Waals surface area contributed by atoms with Crippen molar-refractivity contribution in [3.63, 3.8) is 0 Å². The average molecular weight is 335 g/mol. The molecule has 0 saturated carbocycles. The molecule has 1 aromatic heterocycles. The monoisotopic (exact) mass is 335 g/mol. The SMILES string of the molecule is Cc1cccc(-c2noc(CN(C)C(=O)CCc3ccccc3)n2)c1. The zero-order chi connectivity index (χ0) is 17.6. The summed E-state index contributed by atoms with van der Waals surface area (Å²) >= 11 is 0. The quantitative estimate of drug-likeness (QED) is 0.690. The number of aryl methyl sites for hydroxylation is 2. The molecule has 128 valence electrons. The lowest BCUT2D eigenvalue weighted by Crippen LogP contribution is -2.26. The third-order valence-electron chi connectivity index (χ3n) is 4.01. The van der Waals surface area contributed by atoms with Gasteiger partial charge >= 0.3 is 0 Å². The Morgan fingerprint density at radius 1 is 1.12 bits per heavy atom. The number of benzene rings is 2. The molecule has 1 heterocycles. The molecule has 0 aliphatic carbocycles. The minimum Gasteiger partial charge on any atom is -0.337 e. The summed E-state index contributed by atoms with van der Waals surface area (Å²) in [6.45, 7) is 2.33. The van der Waals surface area contributed by atoms with Crippen LogP contribution in [0.15, 0.2) is 59.1 Å². The first-order valence-corrected chi connectivity index (χ1v) is 8.29. The first kappa shape index (κ1) is 16.9. The van der Waals surface area contributed by atoms with Gasteiger partial charge in [0.15, 0.2) is 0 Å². The van der Waals surface area contributed by atoms with Gasteiger partial charge in [0, 0.05) is 19.0 Å². The van der Waals surface area contributed by atoms with Crippen molar-refractivity contribution in [2.75, 3.05) is 7.05 Å². The second-order valence-corrected chi connectivity index (χ2v) is 6.12. The van der Waals surface area contributed by atoms with Crippen molar-refractivity contribution in [1.29, 1.82) is 0 Å². The summed E-state index contributed by atoms with van der Waals surface area (Å²) in [6.07, 6.45) is 1.18. The van der Waals surface area contributed by atoms with Gasteiger partial charge in [-0.15, -0.1) is 0 Å². The van der Waals surface area contributed by atoms with Gasteiger partial charge in [0.1, 0.15) is 0 Å². The molecule has 5 nitrogen and oxygen atoms in total. The Kier molecular flexibility index (Phi) is 5.23. The molecule has 3 rings (SSSR count). The number of carbonyl (C=O) groups excluding carboxylic acids is 1. The maximum absolute atomic E-state index is 12.3. The standard InChI is InChI=1S/C20H21N3O2/c1-15-7-6-10-17(13-15)20-21-18(25-22-20)14-23(2)19(24)12-11-16-8-4-3-5-9-16/h3-10,13H,11-12,14H2,1-2H3. The largest absolute Gasteiger partial charge is 0.337 e. The van der Waals surface area contributed by atoms with Crippen molar-refractivity contribution in [1.82, 2.24) is 15.0 Å². The lowest BCUT2D eigenvalue weighted by Gasteiger charge is -2.14. The Hall–Kier alpha value is -2.95. The summed E-state index contributed by atoms with van der Waals surface area (Å²) in [5, 5.41) is 4.01. The number of rotatable bonds is 6. The number of nitrogens with zero attached hydrogens (tertiary/aromatic N) is 3. The second kappa shape index (κ2) is 7.75. The molecule has 0 unspecified atom stereocenters. The lowest BCUT2D eigenvalue weighted by atomic mass is 10.1. The van der Waals surface area contributed by atoms with Crippen LogP contribution in [0, 0.1) is 6.92 Å². The van der Waals surface area contributed by atoms with Crippen LogP contribution >= 0.6 is 0 Å². The van der Waals surface area contributed by atoms with Crippen molar-refractivity contribution < 1.29 is 9.32 Å². The van der Waals surface area contributed by atoms with Gasteiger partial charge in [-0.2, -0.15) is 4.98 Å². The summed E-state index contributed by atoms with van der Waals surface area (Å²) in [6, 6.07) is 17.9. The highest BCUT2D eigenvalue weighted by atomic mass is 16.5. The molecule has 0 radical (unpaired) electrons. The Morgan fingerprint density at radius 2 is 1.92 bits per heavy atom. The number of hydrogen-bond acceptors (Lipinski definition) is 4. The summed E-state index contributed by atoms with van der Waals surface area (Å²) in [4.78, 5) is 18.3. The molecule has 3 aromatic rings. The topological polar surface area (TPSA) is 59.2 Å². The summed E-state index contributed by atoms with van der Waals surface area (Å²) in [5.74, 6) is 1.04. The molecule has 0 N–H and O–H groups in total. The maximum atomic E-state index is 12.3. The van der Waals surface area contributed by atoms with Crippen LogP contribution in [0.1, 0.15) is 23.4 Å². The Labute approximate surface area is 147 Å². The molecule has 5 heteroatoms. The third kappa shape index (κ3) is 4.53. The van der Waals surface area contributed by atoms with Crippen molar-refractivity contribution in [3.8, 4) is 11.4 Å². The van der Waals surface area contributed by atoms with E-state index in [0.29, 0.717) is 24.7 Å². The fourth-order valence-electron chi connectivity index (χ4n) is 2.60. The first-order valence-electron chi connectivity index (χ1n) is 8.29. The van der Waals surface area contributed by atoms with E-state index >= 15 is 0 Å². The Morgan fingerprint density at radius 3 is 2.68 bits per heavy atom. The molecule has 0 fully saturated rings. The molecule has 0 aliphatic heterocycles. The van der Waals surface area contributed by atoms with Gasteiger partial charge in [0.05, 0.1) is 6.54 Å². The van der Waals surface area contributed by atoms with Gasteiger partial charge in [0.2, 0.25) is 17.6 Å². The van der Waals surface area contributed by atoms with E-state index in [9.17, 15) is 4.79 Å². The van der Waals surface area contributed by atoms with E-state index in [1.165, 1.54) is 0 Å². The van der Waals surface area contributed by atoms with E-state index in [1.807, 2.05) is 61.5 Å². The lowest BCUT2D eigenvalue weighted by molar-refractivity contribution is -0.130. The van der Waals surface area contributed by atoms with Crippen LogP contribution in [0.5, 0.6) is 0 Å². The fourth-order valence-corrected chi connectivity index (χ4v) is 2.60. The van der Waals surface area contributed by atoms with Crippen LogP contribution in [0.25, 0.3) is 11.4 Å². The fraction of sp³-hybridized carbons (Fsp3) is 0.250. The molecular formula is C20H21N3O2. The van der Waals surface area contributed by atoms with E-state index < -0.39 is 0 Å². The van der Waals surface area contributed by atoms with Gasteiger partial charge in [-0.3, -0.25) is 4.79 Å². The molecule has 0 spiro atoms. The van der Waals surface area contributed by atoms with Crippen LogP contribution in [0.3, 0.4) is 0 Å². The smallest absolute Gasteiger partial charge is 0.246 e. The Bertz CT molecular complexity index is 843. The predicted octanol–water partition coefficient (Wildman–Crippen LogP) is 3.64. The van der Waals surface area contributed by atoms with Gasteiger partial charge in [0.25, 0.3) is 0 Å². The van der Waals surface area contributed by atoms with E-state index in [1.54, 1.807) is 11.9 Å². The van der Waals surface area contributed by atoms with Crippen molar-refractivity contribution >= 4 is 5.91 Å². The van der Waals surface area contributed by atoms with Crippen LogP contribution < -0.4 is 0 Å². The molecule has 0 atom stereocenters. The number of carbonyl (C=O) groups is 1. The normalized spacial score (nSPS) is 10.6. The highest BCUT2D eigenvalue weighted by Gasteiger charge is 2.14. The van der Waals surface area contributed by atoms with Crippen molar-refractivity contribution in [3.05, 3.63) is 71.6 Å². The zero-order valence-corrected chi connectivity index (χ0v) is 14.5. The number of aromatic nitrogens is 2. The summed E-state index contributed by atoms with van der Waals surface area (Å²) < 4.78 is 5.29. The highest BCUT2D eigenvalue weighted by Crippen LogP contribution is 2.17. The predicted molar refractivity (Wildman–Crippen MR) is 95.7 cm³/mol. The maximum Gasteiger partial charge on any atom is 0.246 e. The van der Waals surface area contributed by atoms with Gasteiger partial charge < -0.3 is 9.42 Å². The van der Waals surface area contributed by atoms with Crippen molar-refractivity contribution in [2.24, 2.45) is 0 Å². The molecule has 0 bridgehead atoms. The van der Waals surface area contributed by atoms with Crippen molar-refractivity contribution in [2.45, 2.75) is 26.3 Å². The minimum atomic E-state index is 0.0548. The highest BCUT2D eigenvalue weighted by molar-refractivity contribution is 5.76. The number of hydrogen-bond donors (Lipinski definition) is 0. The zero-order valence-electron chi connectivity index (χ0n) is 14.5. The van der Waals surface area contributed by atoms with E-state index in [2.05, 4.69) is 10.1 Å². The minimum absolute atomic E-state index is 0.0548. The molecule has 25 heavy (non-hydrogen) atoms. The van der Waals surface area contributed by atoms with Crippen LogP contribution in [0.4, 0.5) is 0 Å². The molecular weight excluding hydrogens is 314 g/mol. The first-order chi connectivity index (χ1) is 12.1. The van der Waals surface area contributed by atoms with Crippen LogP contribution in [-0.2, 0) is 17.8 Å². The molecule has 0 saturated heterocycles. The van der Waals surface area contributed by atoms with Crippen LogP contribution in [-0.4, -0.2) is 28.0 Å². The van der Waals surface area contributed by atoms with Crippen LogP contribution in [0.2, 0.25) is 0 Å². The Balaban J connectivity index is 1.57. The van der Waals surface area contributed by atoms with E-state index in [0.717, 1.165) is 23.1 Å². The van der Waals surface area contributed by atoms with E-state index in [4.69, 9.17) is 4.52 Å². The van der Waals surface area contributed by atoms with Gasteiger partial charge in [-0.1, -0.05) is 59.3 Å². The molecule has 1 amide bonds. The van der Waals surface area contributed by atoms with Gasteiger partial charge in [-0.25, -0.2) is 0 Å². The van der Waals surface area contributed by atoms with Gasteiger partial charge in [-0.05, 0) is 25.0 Å². The average Bonchev–Trinajstić information content (AvgIpc) is 3.09. The third-order valence-corrected chi connectivity index (χ3v) is 4.01. The second-order valence-electron chi connectivity index (χ2n) is 6.12. The summed E-state index contributed by atoms with van der Waals surface area (Å²) in [5.41, 5.74) is 3.20. The molecule has 0 aliphatic rings. The van der Waals surface area contributed by atoms with E-state index in [-0.39, 0.29) is 5.91 Å². The summed E-state index contributed by atoms with van der Waals surface area (Å²) in [7, 11) is 1.75. The number of amides is 1.